The van der Waals surface area contributed by atoms with Crippen LogP contribution in [0.15, 0.2) is 18.2 Å². The normalized spacial score (nSPS) is 16.4. The van der Waals surface area contributed by atoms with E-state index in [1.807, 2.05) is 0 Å². The van der Waals surface area contributed by atoms with E-state index in [0.717, 1.165) is 0 Å². The van der Waals surface area contributed by atoms with Gasteiger partial charge < -0.3 is 14.2 Å². The van der Waals surface area contributed by atoms with Gasteiger partial charge in [-0.2, -0.15) is 0 Å². The first-order valence-electron chi connectivity index (χ1n) is 5.32. The molecule has 0 fully saturated rings. The monoisotopic (exact) mass is 240 g/mol. The van der Waals surface area contributed by atoms with Gasteiger partial charge in [-0.3, -0.25) is 0 Å². The Morgan fingerprint density at radius 3 is 2.88 bits per heavy atom. The lowest BCUT2D eigenvalue weighted by atomic mass is 9.97. The summed E-state index contributed by atoms with van der Waals surface area (Å²) in [5.41, 5.74) is -1.99. The molecule has 1 aromatic carbocycles. The fourth-order valence-corrected chi connectivity index (χ4v) is 1.57. The van der Waals surface area contributed by atoms with Gasteiger partial charge in [0.05, 0.1) is 6.61 Å². The van der Waals surface area contributed by atoms with Crippen LogP contribution in [0.3, 0.4) is 0 Å². The lowest BCUT2D eigenvalue weighted by molar-refractivity contribution is -0.156. The van der Waals surface area contributed by atoms with Gasteiger partial charge in [-0.15, -0.1) is 0 Å². The van der Waals surface area contributed by atoms with E-state index >= 15 is 0 Å². The molecule has 0 spiro atoms. The first-order valence-corrected chi connectivity index (χ1v) is 5.32. The Morgan fingerprint density at radius 2 is 2.18 bits per heavy atom. The average molecular weight is 240 g/mol. The second-order valence-corrected chi connectivity index (χ2v) is 3.79. The van der Waals surface area contributed by atoms with E-state index in [2.05, 4.69) is 0 Å². The minimum absolute atomic E-state index is 0.112. The zero-order chi connectivity index (χ0) is 12.5. The molecule has 0 radical (unpaired) electrons. The standard InChI is InChI=1S/C12H13FO4/c1-3-15-11(14)12(2,13)8-4-5-9-10(6-8)17-7-16-9/h4-6H,3,7H2,1-2H3. The number of rotatable bonds is 3. The third-order valence-corrected chi connectivity index (χ3v) is 2.57. The van der Waals surface area contributed by atoms with E-state index in [4.69, 9.17) is 14.2 Å². The lowest BCUT2D eigenvalue weighted by Gasteiger charge is -2.18. The molecule has 0 bridgehead atoms. The highest BCUT2D eigenvalue weighted by Crippen LogP contribution is 2.37. The summed E-state index contributed by atoms with van der Waals surface area (Å²) in [5.74, 6) is 0.0861. The largest absolute Gasteiger partial charge is 0.463 e. The third kappa shape index (κ3) is 2.05. The molecule has 0 N–H and O–H groups in total. The lowest BCUT2D eigenvalue weighted by Crippen LogP contribution is -2.29. The van der Waals surface area contributed by atoms with Gasteiger partial charge in [0.15, 0.2) is 11.5 Å². The van der Waals surface area contributed by atoms with E-state index in [1.54, 1.807) is 13.0 Å². The molecule has 1 aromatic rings. The number of halogens is 1. The molecule has 1 atom stereocenters. The van der Waals surface area contributed by atoms with Crippen molar-refractivity contribution in [3.63, 3.8) is 0 Å². The van der Waals surface area contributed by atoms with Crippen molar-refractivity contribution in [1.82, 2.24) is 0 Å². The summed E-state index contributed by atoms with van der Waals surface area (Å²) in [6.07, 6.45) is 0. The van der Waals surface area contributed by atoms with Gasteiger partial charge in [0.2, 0.25) is 12.5 Å². The number of fused-ring (bicyclic) bond motifs is 1. The van der Waals surface area contributed by atoms with E-state index < -0.39 is 11.6 Å². The molecule has 1 heterocycles. The van der Waals surface area contributed by atoms with Crippen LogP contribution in [0, 0.1) is 0 Å². The number of alkyl halides is 1. The molecule has 92 valence electrons. The number of carbonyl (C=O) groups excluding carboxylic acids is 1. The van der Waals surface area contributed by atoms with E-state index in [9.17, 15) is 9.18 Å². The van der Waals surface area contributed by atoms with Crippen LogP contribution in [0.4, 0.5) is 4.39 Å². The molecular weight excluding hydrogens is 227 g/mol. The predicted octanol–water partition coefficient (Wildman–Crippen LogP) is 2.16. The van der Waals surface area contributed by atoms with Crippen molar-refractivity contribution in [1.29, 1.82) is 0 Å². The second kappa shape index (κ2) is 4.24. The summed E-state index contributed by atoms with van der Waals surface area (Å²) in [5, 5.41) is 0. The summed E-state index contributed by atoms with van der Waals surface area (Å²) in [4.78, 5) is 11.5. The van der Waals surface area contributed by atoms with Gasteiger partial charge >= 0.3 is 5.97 Å². The molecule has 0 amide bonds. The van der Waals surface area contributed by atoms with Gasteiger partial charge in [-0.1, -0.05) is 6.07 Å². The maximum Gasteiger partial charge on any atom is 0.348 e. The van der Waals surface area contributed by atoms with E-state index in [0.29, 0.717) is 11.5 Å². The van der Waals surface area contributed by atoms with Crippen molar-refractivity contribution < 1.29 is 23.4 Å². The summed E-state index contributed by atoms with van der Waals surface area (Å²) in [7, 11) is 0. The highest BCUT2D eigenvalue weighted by Gasteiger charge is 2.37. The van der Waals surface area contributed by atoms with Gasteiger partial charge in [0.1, 0.15) is 0 Å². The molecule has 0 aliphatic carbocycles. The number of esters is 1. The zero-order valence-electron chi connectivity index (χ0n) is 9.66. The fraction of sp³-hybridized carbons (Fsp3) is 0.417. The van der Waals surface area contributed by atoms with Crippen molar-refractivity contribution in [2.45, 2.75) is 19.5 Å². The van der Waals surface area contributed by atoms with Crippen molar-refractivity contribution in [3.8, 4) is 11.5 Å². The Bertz CT molecular complexity index is 442. The first-order chi connectivity index (χ1) is 8.05. The average Bonchev–Trinajstić information content (AvgIpc) is 2.76. The zero-order valence-corrected chi connectivity index (χ0v) is 9.66. The number of benzene rings is 1. The number of hydrogen-bond donors (Lipinski definition) is 0. The maximum absolute atomic E-state index is 14.3. The quantitative estimate of drug-likeness (QED) is 0.759. The summed E-state index contributed by atoms with van der Waals surface area (Å²) in [6.45, 7) is 3.06. The van der Waals surface area contributed by atoms with Crippen molar-refractivity contribution in [2.24, 2.45) is 0 Å². The van der Waals surface area contributed by atoms with Crippen LogP contribution < -0.4 is 9.47 Å². The third-order valence-electron chi connectivity index (χ3n) is 2.57. The minimum atomic E-state index is -2.18. The molecular formula is C12H13FO4. The molecule has 1 aliphatic rings. The minimum Gasteiger partial charge on any atom is -0.463 e. The van der Waals surface area contributed by atoms with Gasteiger partial charge in [0, 0.05) is 5.56 Å². The van der Waals surface area contributed by atoms with Crippen LogP contribution in [0.1, 0.15) is 19.4 Å². The molecule has 0 saturated heterocycles. The molecule has 5 heteroatoms. The summed E-state index contributed by atoms with van der Waals surface area (Å²) < 4.78 is 29.2. The fourth-order valence-electron chi connectivity index (χ4n) is 1.57. The smallest absolute Gasteiger partial charge is 0.348 e. The predicted molar refractivity (Wildman–Crippen MR) is 57.7 cm³/mol. The molecule has 17 heavy (non-hydrogen) atoms. The van der Waals surface area contributed by atoms with E-state index in [1.165, 1.54) is 19.1 Å². The van der Waals surface area contributed by atoms with Crippen LogP contribution in [0.2, 0.25) is 0 Å². The topological polar surface area (TPSA) is 44.8 Å². The van der Waals surface area contributed by atoms with Crippen LogP contribution in [-0.2, 0) is 15.2 Å². The Morgan fingerprint density at radius 1 is 1.47 bits per heavy atom. The maximum atomic E-state index is 14.3. The van der Waals surface area contributed by atoms with Gasteiger partial charge in [-0.25, -0.2) is 9.18 Å². The SMILES string of the molecule is CCOC(=O)C(C)(F)c1ccc2c(c1)OCO2. The molecule has 0 saturated carbocycles. The second-order valence-electron chi connectivity index (χ2n) is 3.79. The van der Waals surface area contributed by atoms with Crippen LogP contribution in [-0.4, -0.2) is 19.4 Å². The number of ether oxygens (including phenoxy) is 3. The summed E-state index contributed by atoms with van der Waals surface area (Å²) >= 11 is 0. The number of hydrogen-bond acceptors (Lipinski definition) is 4. The highest BCUT2D eigenvalue weighted by atomic mass is 19.1. The molecule has 4 nitrogen and oxygen atoms in total. The van der Waals surface area contributed by atoms with Crippen LogP contribution in [0.5, 0.6) is 11.5 Å². The molecule has 0 aromatic heterocycles. The van der Waals surface area contributed by atoms with Crippen molar-refractivity contribution in [3.05, 3.63) is 23.8 Å². The first kappa shape index (κ1) is 11.7. The Balaban J connectivity index is 2.30. The Labute approximate surface area is 98.3 Å². The Hall–Kier alpha value is -1.78. The van der Waals surface area contributed by atoms with Crippen molar-refractivity contribution >= 4 is 5.97 Å². The highest BCUT2D eigenvalue weighted by molar-refractivity contribution is 5.81. The van der Waals surface area contributed by atoms with Gasteiger partial charge in [-0.05, 0) is 26.0 Å². The van der Waals surface area contributed by atoms with Crippen LogP contribution >= 0.6 is 0 Å². The number of carbonyl (C=O) groups is 1. The molecule has 1 unspecified atom stereocenters. The molecule has 2 rings (SSSR count). The molecule has 1 aliphatic heterocycles. The summed E-state index contributed by atoms with van der Waals surface area (Å²) in [6, 6.07) is 4.53. The van der Waals surface area contributed by atoms with Crippen molar-refractivity contribution in [2.75, 3.05) is 13.4 Å². The van der Waals surface area contributed by atoms with E-state index in [-0.39, 0.29) is 19.0 Å². The Kier molecular flexibility index (Phi) is 2.92. The van der Waals surface area contributed by atoms with Crippen LogP contribution in [0.25, 0.3) is 0 Å². The van der Waals surface area contributed by atoms with Gasteiger partial charge in [0.25, 0.3) is 0 Å².